The van der Waals surface area contributed by atoms with E-state index in [2.05, 4.69) is 10.4 Å². The Bertz CT molecular complexity index is 543. The minimum Gasteiger partial charge on any atom is -0.481 e. The number of carbonyl (C=O) groups excluding carboxylic acids is 1. The summed E-state index contributed by atoms with van der Waals surface area (Å²) in [6.45, 7) is 7.52. The second-order valence-electron chi connectivity index (χ2n) is 6.08. The topological polar surface area (TPSA) is 87.5 Å². The number of nitrogens with one attached hydrogen (secondary N) is 1. The highest BCUT2D eigenvalue weighted by Crippen LogP contribution is 2.22. The van der Waals surface area contributed by atoms with E-state index in [1.165, 1.54) is 0 Å². The van der Waals surface area contributed by atoms with E-state index in [9.17, 15) is 14.7 Å². The van der Waals surface area contributed by atoms with Gasteiger partial charge in [0, 0.05) is 31.4 Å². The monoisotopic (exact) mass is 308 g/mol. The molecule has 3 atom stereocenters. The van der Waals surface area contributed by atoms with E-state index < -0.39 is 11.9 Å². The number of rotatable bonds is 4. The summed E-state index contributed by atoms with van der Waals surface area (Å²) in [5.41, 5.74) is 0.940. The molecule has 0 bridgehead atoms. The number of likely N-dealkylation sites (tertiary alicyclic amines) is 1. The molecule has 0 radical (unpaired) electrons. The van der Waals surface area contributed by atoms with Crippen LogP contribution in [-0.2, 0) is 11.3 Å². The fourth-order valence-corrected chi connectivity index (χ4v) is 2.83. The van der Waals surface area contributed by atoms with Gasteiger partial charge in [0.25, 0.3) is 0 Å². The van der Waals surface area contributed by atoms with Crippen molar-refractivity contribution in [2.24, 2.45) is 11.8 Å². The van der Waals surface area contributed by atoms with Gasteiger partial charge < -0.3 is 15.3 Å². The number of aryl methyl sites for hydroxylation is 1. The molecule has 2 heterocycles. The average molecular weight is 308 g/mol. The predicted octanol–water partition coefficient (Wildman–Crippen LogP) is 1.72. The van der Waals surface area contributed by atoms with Crippen molar-refractivity contribution in [1.29, 1.82) is 0 Å². The molecule has 1 aliphatic heterocycles. The third-order valence-electron chi connectivity index (χ3n) is 4.11. The van der Waals surface area contributed by atoms with Crippen LogP contribution in [0.1, 0.15) is 38.8 Å². The van der Waals surface area contributed by atoms with Crippen LogP contribution >= 0.6 is 0 Å². The minimum absolute atomic E-state index is 0.159. The van der Waals surface area contributed by atoms with E-state index in [0.29, 0.717) is 13.0 Å². The quantitative estimate of drug-likeness (QED) is 0.886. The molecule has 122 valence electrons. The van der Waals surface area contributed by atoms with Gasteiger partial charge in [0.2, 0.25) is 0 Å². The number of aliphatic carboxylic acids is 1. The molecule has 0 saturated carbocycles. The lowest BCUT2D eigenvalue weighted by Gasteiger charge is -2.35. The number of hydrogen-bond acceptors (Lipinski definition) is 3. The second kappa shape index (κ2) is 6.81. The fraction of sp³-hybridized carbons (Fsp3) is 0.667. The Morgan fingerprint density at radius 2 is 2.23 bits per heavy atom. The van der Waals surface area contributed by atoms with Crippen LogP contribution in [0.3, 0.4) is 0 Å². The standard InChI is InChI=1S/C15H24N4O3/c1-4-19-9-13(6-16-19)11(3)17-15(22)18-7-10(2)5-12(8-18)14(20)21/h6,9-12H,4-5,7-8H2,1-3H3,(H,17,22)(H,20,21). The SMILES string of the molecule is CCn1cc(C(C)NC(=O)N2CC(C)CC(C(=O)O)C2)cn1. The molecule has 2 N–H and O–H groups in total. The number of nitrogens with zero attached hydrogens (tertiary/aromatic N) is 3. The van der Waals surface area contributed by atoms with Crippen LogP contribution in [-0.4, -0.2) is 44.9 Å². The molecule has 22 heavy (non-hydrogen) atoms. The van der Waals surface area contributed by atoms with Gasteiger partial charge in [-0.15, -0.1) is 0 Å². The number of hydrogen-bond donors (Lipinski definition) is 2. The van der Waals surface area contributed by atoms with Crippen LogP contribution in [0.5, 0.6) is 0 Å². The van der Waals surface area contributed by atoms with Gasteiger partial charge in [0.05, 0.1) is 18.2 Å². The first-order valence-corrected chi connectivity index (χ1v) is 7.71. The zero-order valence-electron chi connectivity index (χ0n) is 13.3. The Morgan fingerprint density at radius 3 is 2.82 bits per heavy atom. The van der Waals surface area contributed by atoms with Gasteiger partial charge in [0.15, 0.2) is 0 Å². The van der Waals surface area contributed by atoms with Crippen LogP contribution in [0, 0.1) is 11.8 Å². The second-order valence-corrected chi connectivity index (χ2v) is 6.08. The molecule has 1 aromatic rings. The number of piperidine rings is 1. The smallest absolute Gasteiger partial charge is 0.317 e. The molecular formula is C15H24N4O3. The van der Waals surface area contributed by atoms with Gasteiger partial charge >= 0.3 is 12.0 Å². The van der Waals surface area contributed by atoms with Crippen molar-refractivity contribution in [3.8, 4) is 0 Å². The highest BCUT2D eigenvalue weighted by Gasteiger charge is 2.32. The lowest BCUT2D eigenvalue weighted by Crippen LogP contribution is -2.49. The highest BCUT2D eigenvalue weighted by atomic mass is 16.4. The van der Waals surface area contributed by atoms with Crippen molar-refractivity contribution < 1.29 is 14.7 Å². The predicted molar refractivity (Wildman–Crippen MR) is 81.3 cm³/mol. The highest BCUT2D eigenvalue weighted by molar-refractivity contribution is 5.77. The molecular weight excluding hydrogens is 284 g/mol. The van der Waals surface area contributed by atoms with Gasteiger partial charge in [-0.2, -0.15) is 5.10 Å². The van der Waals surface area contributed by atoms with E-state index in [1.807, 2.05) is 27.0 Å². The van der Waals surface area contributed by atoms with Crippen LogP contribution in [0.15, 0.2) is 12.4 Å². The van der Waals surface area contributed by atoms with Crippen LogP contribution in [0.4, 0.5) is 4.79 Å². The summed E-state index contributed by atoms with van der Waals surface area (Å²) >= 11 is 0. The summed E-state index contributed by atoms with van der Waals surface area (Å²) in [5, 5.41) is 16.3. The normalized spacial score (nSPS) is 23.1. The Balaban J connectivity index is 1.97. The number of aromatic nitrogens is 2. The van der Waals surface area contributed by atoms with Gasteiger partial charge in [-0.1, -0.05) is 6.92 Å². The maximum absolute atomic E-state index is 12.4. The van der Waals surface area contributed by atoms with Gasteiger partial charge in [-0.05, 0) is 26.2 Å². The van der Waals surface area contributed by atoms with E-state index >= 15 is 0 Å². The Kier molecular flexibility index (Phi) is 5.05. The maximum atomic E-state index is 12.4. The van der Waals surface area contributed by atoms with Crippen LogP contribution in [0.25, 0.3) is 0 Å². The summed E-state index contributed by atoms with van der Waals surface area (Å²) < 4.78 is 1.81. The Labute approximate surface area is 130 Å². The molecule has 2 amide bonds. The summed E-state index contributed by atoms with van der Waals surface area (Å²) in [6, 6.07) is -0.372. The molecule has 1 fully saturated rings. The molecule has 1 saturated heterocycles. The van der Waals surface area contributed by atoms with Crippen LogP contribution in [0.2, 0.25) is 0 Å². The van der Waals surface area contributed by atoms with E-state index in [-0.39, 0.29) is 24.5 Å². The van der Waals surface area contributed by atoms with Crippen LogP contribution < -0.4 is 5.32 Å². The number of carboxylic acids is 1. The molecule has 1 aromatic heterocycles. The van der Waals surface area contributed by atoms with E-state index in [1.54, 1.807) is 15.8 Å². The fourth-order valence-electron chi connectivity index (χ4n) is 2.83. The summed E-state index contributed by atoms with van der Waals surface area (Å²) in [7, 11) is 0. The number of urea groups is 1. The zero-order valence-corrected chi connectivity index (χ0v) is 13.3. The lowest BCUT2D eigenvalue weighted by atomic mass is 9.91. The third-order valence-corrected chi connectivity index (χ3v) is 4.11. The Morgan fingerprint density at radius 1 is 1.50 bits per heavy atom. The zero-order chi connectivity index (χ0) is 16.3. The first kappa shape index (κ1) is 16.3. The van der Waals surface area contributed by atoms with Gasteiger partial charge in [-0.3, -0.25) is 9.48 Å². The summed E-state index contributed by atoms with van der Waals surface area (Å²) in [6.07, 6.45) is 4.27. The van der Waals surface area contributed by atoms with Crippen molar-refractivity contribution in [3.05, 3.63) is 18.0 Å². The number of carbonyl (C=O) groups is 2. The van der Waals surface area contributed by atoms with Crippen molar-refractivity contribution in [2.75, 3.05) is 13.1 Å². The molecule has 2 rings (SSSR count). The molecule has 0 aromatic carbocycles. The molecule has 1 aliphatic rings. The first-order chi connectivity index (χ1) is 10.4. The number of carboxylic acid groups (broad SMARTS) is 1. The van der Waals surface area contributed by atoms with Gasteiger partial charge in [-0.25, -0.2) is 4.79 Å². The molecule has 7 nitrogen and oxygen atoms in total. The van der Waals surface area contributed by atoms with Crippen molar-refractivity contribution in [3.63, 3.8) is 0 Å². The van der Waals surface area contributed by atoms with E-state index in [4.69, 9.17) is 0 Å². The lowest BCUT2D eigenvalue weighted by molar-refractivity contribution is -0.143. The third kappa shape index (κ3) is 3.78. The molecule has 7 heteroatoms. The summed E-state index contributed by atoms with van der Waals surface area (Å²) in [4.78, 5) is 25.1. The molecule has 0 spiro atoms. The van der Waals surface area contributed by atoms with Gasteiger partial charge in [0.1, 0.15) is 0 Å². The summed E-state index contributed by atoms with van der Waals surface area (Å²) in [5.74, 6) is -1.12. The maximum Gasteiger partial charge on any atom is 0.317 e. The van der Waals surface area contributed by atoms with Crippen molar-refractivity contribution >= 4 is 12.0 Å². The Hall–Kier alpha value is -2.05. The van der Waals surface area contributed by atoms with E-state index in [0.717, 1.165) is 12.1 Å². The largest absolute Gasteiger partial charge is 0.481 e. The molecule has 0 aliphatic carbocycles. The first-order valence-electron chi connectivity index (χ1n) is 7.71. The van der Waals surface area contributed by atoms with Crippen molar-refractivity contribution in [1.82, 2.24) is 20.0 Å². The number of amides is 2. The average Bonchev–Trinajstić information content (AvgIpc) is 2.95. The molecule has 3 unspecified atom stereocenters. The van der Waals surface area contributed by atoms with Crippen molar-refractivity contribution in [2.45, 2.75) is 39.8 Å². The minimum atomic E-state index is -0.832.